The van der Waals surface area contributed by atoms with Crippen molar-refractivity contribution >= 4 is 17.3 Å². The van der Waals surface area contributed by atoms with Gasteiger partial charge in [-0.1, -0.05) is 17.7 Å². The smallest absolute Gasteiger partial charge is 0.229 e. The average molecular weight is 349 g/mol. The van der Waals surface area contributed by atoms with Crippen LogP contribution in [0.25, 0.3) is 0 Å². The summed E-state index contributed by atoms with van der Waals surface area (Å²) in [6, 6.07) is 7.07. The zero-order chi connectivity index (χ0) is 17.2. The van der Waals surface area contributed by atoms with E-state index < -0.39 is 0 Å². The van der Waals surface area contributed by atoms with E-state index in [4.69, 9.17) is 10.5 Å². The molecule has 7 rings (SSSR count). The molecule has 1 saturated carbocycles. The summed E-state index contributed by atoms with van der Waals surface area (Å²) in [4.78, 5) is 18.1. The van der Waals surface area contributed by atoms with Crippen molar-refractivity contribution in [1.82, 2.24) is 4.90 Å². The molecule has 1 spiro atoms. The highest BCUT2D eigenvalue weighted by molar-refractivity contribution is 5.99. The summed E-state index contributed by atoms with van der Waals surface area (Å²) in [6.07, 6.45) is 5.26. The Balaban J connectivity index is 1.55. The van der Waals surface area contributed by atoms with E-state index in [1.807, 2.05) is 12.1 Å². The number of carbonyl (C=O) groups is 1. The molecule has 0 aromatic heterocycles. The molecule has 1 aromatic carbocycles. The van der Waals surface area contributed by atoms with Gasteiger partial charge in [-0.2, -0.15) is 0 Å². The molecule has 1 aromatic rings. The third kappa shape index (κ3) is 1.37. The van der Waals surface area contributed by atoms with Crippen molar-refractivity contribution in [2.75, 3.05) is 30.3 Å². The Bertz CT molecular complexity index is 895. The number of nitrogen functional groups attached to an aromatic ring is 1. The first-order chi connectivity index (χ1) is 12.7. The molecular formula is C21H23N3O2. The van der Waals surface area contributed by atoms with Gasteiger partial charge in [0.1, 0.15) is 0 Å². The summed E-state index contributed by atoms with van der Waals surface area (Å²) in [7, 11) is 0. The summed E-state index contributed by atoms with van der Waals surface area (Å²) in [5, 5.41) is 0. The van der Waals surface area contributed by atoms with Gasteiger partial charge in [-0.05, 0) is 43.0 Å². The van der Waals surface area contributed by atoms with Gasteiger partial charge >= 0.3 is 0 Å². The Morgan fingerprint density at radius 3 is 3.15 bits per heavy atom. The second kappa shape index (κ2) is 4.34. The summed E-state index contributed by atoms with van der Waals surface area (Å²) < 4.78 is 6.25. The van der Waals surface area contributed by atoms with E-state index in [9.17, 15) is 4.79 Å². The molecule has 6 aliphatic rings. The minimum atomic E-state index is 0.0672. The summed E-state index contributed by atoms with van der Waals surface area (Å²) in [5.74, 6) is 1.22. The predicted molar refractivity (Wildman–Crippen MR) is 97.8 cm³/mol. The van der Waals surface area contributed by atoms with Gasteiger partial charge in [0.2, 0.25) is 5.91 Å². The fourth-order valence-corrected chi connectivity index (χ4v) is 7.57. The van der Waals surface area contributed by atoms with Crippen LogP contribution in [-0.4, -0.2) is 48.7 Å². The highest BCUT2D eigenvalue weighted by atomic mass is 16.5. The maximum Gasteiger partial charge on any atom is 0.229 e. The van der Waals surface area contributed by atoms with E-state index in [0.717, 1.165) is 30.9 Å². The van der Waals surface area contributed by atoms with Crippen molar-refractivity contribution in [3.8, 4) is 0 Å². The molecule has 5 heterocycles. The Hall–Kier alpha value is -1.85. The number of nitrogens with zero attached hydrogens (tertiary/aromatic N) is 2. The molecule has 2 bridgehead atoms. The first-order valence-electron chi connectivity index (χ1n) is 9.95. The quantitative estimate of drug-likeness (QED) is 0.572. The number of amides is 1. The number of fused-ring (bicyclic) bond motifs is 2. The van der Waals surface area contributed by atoms with Crippen molar-refractivity contribution in [1.29, 1.82) is 0 Å². The van der Waals surface area contributed by atoms with E-state index in [2.05, 4.69) is 21.9 Å². The van der Waals surface area contributed by atoms with Crippen molar-refractivity contribution in [2.45, 2.75) is 42.9 Å². The van der Waals surface area contributed by atoms with Crippen LogP contribution in [0.2, 0.25) is 0 Å². The average Bonchev–Trinajstić information content (AvgIpc) is 3.08. The second-order valence-electron chi connectivity index (χ2n) is 9.04. The minimum absolute atomic E-state index is 0.0672. The van der Waals surface area contributed by atoms with Gasteiger partial charge in [-0.15, -0.1) is 0 Å². The molecule has 3 saturated heterocycles. The van der Waals surface area contributed by atoms with Crippen LogP contribution in [0.3, 0.4) is 0 Å². The van der Waals surface area contributed by atoms with Crippen LogP contribution >= 0.6 is 0 Å². The zero-order valence-corrected chi connectivity index (χ0v) is 14.7. The van der Waals surface area contributed by atoms with Gasteiger partial charge in [0.25, 0.3) is 0 Å². The Labute approximate surface area is 152 Å². The van der Waals surface area contributed by atoms with Gasteiger partial charge in [-0.3, -0.25) is 9.69 Å². The second-order valence-corrected chi connectivity index (χ2v) is 9.04. The van der Waals surface area contributed by atoms with Crippen LogP contribution in [0.4, 0.5) is 11.4 Å². The zero-order valence-electron chi connectivity index (χ0n) is 14.7. The van der Waals surface area contributed by atoms with E-state index in [1.54, 1.807) is 5.57 Å². The molecule has 2 N–H and O–H groups in total. The molecule has 4 fully saturated rings. The number of hydrogen-bond donors (Lipinski definition) is 1. The Kier molecular flexibility index (Phi) is 2.38. The first kappa shape index (κ1) is 14.2. The number of nitrogens with two attached hydrogens (primary N) is 1. The number of piperidine rings is 2. The molecule has 0 radical (unpaired) electrons. The molecule has 5 heteroatoms. The maximum absolute atomic E-state index is 13.2. The lowest BCUT2D eigenvalue weighted by Crippen LogP contribution is -2.69. The first-order valence-corrected chi connectivity index (χ1v) is 9.95. The predicted octanol–water partition coefficient (Wildman–Crippen LogP) is 1.67. The van der Waals surface area contributed by atoms with E-state index in [1.165, 1.54) is 12.0 Å². The van der Waals surface area contributed by atoms with Crippen LogP contribution < -0.4 is 10.6 Å². The highest BCUT2D eigenvalue weighted by Gasteiger charge is 2.70. The number of carbonyl (C=O) groups excluding carboxylic acids is 1. The third-order valence-electron chi connectivity index (χ3n) is 8.33. The summed E-state index contributed by atoms with van der Waals surface area (Å²) in [5.41, 5.74) is 11.0. The molecule has 5 aliphatic heterocycles. The Morgan fingerprint density at radius 2 is 2.23 bits per heavy atom. The number of rotatable bonds is 0. The van der Waals surface area contributed by atoms with Gasteiger partial charge in [0, 0.05) is 35.3 Å². The molecular weight excluding hydrogens is 326 g/mol. The lowest BCUT2D eigenvalue weighted by atomic mass is 9.53. The fraction of sp³-hybridized carbons (Fsp3) is 0.571. The number of benzene rings is 1. The van der Waals surface area contributed by atoms with Gasteiger partial charge in [-0.25, -0.2) is 0 Å². The molecule has 5 nitrogen and oxygen atoms in total. The SMILES string of the molecule is Nc1ccc2c(c1)N1C(=O)CC3OCC=C4CN5CCC26C5CC4C3C16. The normalized spacial score (nSPS) is 44.6. The molecule has 6 atom stereocenters. The highest BCUT2D eigenvalue weighted by Crippen LogP contribution is 2.65. The van der Waals surface area contributed by atoms with Crippen molar-refractivity contribution in [3.05, 3.63) is 35.4 Å². The van der Waals surface area contributed by atoms with Gasteiger partial charge in [0.15, 0.2) is 0 Å². The van der Waals surface area contributed by atoms with Crippen LogP contribution in [-0.2, 0) is 14.9 Å². The standard InChI is InChI=1S/C21H23N3O2/c22-12-1-2-14-15(7-12)24-18(25)9-16-19-13-8-17-21(14,20(19)24)4-5-23(17)10-11(13)3-6-26-16/h1-3,7,13,16-17,19-20H,4-6,8-10,22H2. The molecule has 134 valence electrons. The molecule has 26 heavy (non-hydrogen) atoms. The number of anilines is 2. The van der Waals surface area contributed by atoms with Crippen molar-refractivity contribution in [3.63, 3.8) is 0 Å². The molecule has 1 amide bonds. The monoisotopic (exact) mass is 349 g/mol. The fourth-order valence-electron chi connectivity index (χ4n) is 7.57. The molecule has 6 unspecified atom stereocenters. The van der Waals surface area contributed by atoms with Gasteiger partial charge < -0.3 is 15.4 Å². The van der Waals surface area contributed by atoms with E-state index in [-0.39, 0.29) is 23.5 Å². The van der Waals surface area contributed by atoms with Crippen LogP contribution in [0.5, 0.6) is 0 Å². The van der Waals surface area contributed by atoms with Gasteiger partial charge in [0.05, 0.1) is 25.2 Å². The van der Waals surface area contributed by atoms with Crippen LogP contribution in [0.15, 0.2) is 29.8 Å². The van der Waals surface area contributed by atoms with Crippen molar-refractivity contribution < 1.29 is 9.53 Å². The third-order valence-corrected chi connectivity index (χ3v) is 8.33. The summed E-state index contributed by atoms with van der Waals surface area (Å²) in [6.45, 7) is 2.89. The minimum Gasteiger partial charge on any atom is -0.399 e. The van der Waals surface area contributed by atoms with Crippen LogP contribution in [0, 0.1) is 11.8 Å². The summed E-state index contributed by atoms with van der Waals surface area (Å²) >= 11 is 0. The number of ether oxygens (including phenoxy) is 1. The van der Waals surface area contributed by atoms with E-state index in [0.29, 0.717) is 30.9 Å². The Morgan fingerprint density at radius 1 is 1.31 bits per heavy atom. The lowest BCUT2D eigenvalue weighted by Gasteiger charge is -2.58. The van der Waals surface area contributed by atoms with E-state index >= 15 is 0 Å². The largest absolute Gasteiger partial charge is 0.399 e. The lowest BCUT2D eigenvalue weighted by molar-refractivity contribution is -0.132. The number of hydrogen-bond acceptors (Lipinski definition) is 4. The van der Waals surface area contributed by atoms with Crippen molar-refractivity contribution in [2.24, 2.45) is 11.8 Å². The maximum atomic E-state index is 13.2. The topological polar surface area (TPSA) is 58.8 Å². The molecule has 1 aliphatic carbocycles. The van der Waals surface area contributed by atoms with Crippen LogP contribution in [0.1, 0.15) is 24.8 Å².